The van der Waals surface area contributed by atoms with E-state index in [0.717, 1.165) is 19.3 Å². The largest absolute Gasteiger partial charge is 0.480 e. The van der Waals surface area contributed by atoms with Crippen LogP contribution in [0.25, 0.3) is 0 Å². The lowest BCUT2D eigenvalue weighted by atomic mass is 9.99. The van der Waals surface area contributed by atoms with Crippen LogP contribution >= 0.6 is 0 Å². The number of carbonyl (C=O) groups is 2. The van der Waals surface area contributed by atoms with E-state index in [9.17, 15) is 9.59 Å². The second-order valence-corrected chi connectivity index (χ2v) is 5.11. The Bertz CT molecular complexity index is 353. The van der Waals surface area contributed by atoms with Crippen molar-refractivity contribution < 1.29 is 14.7 Å². The van der Waals surface area contributed by atoms with Gasteiger partial charge in [0.25, 0.3) is 0 Å². The van der Waals surface area contributed by atoms with Crippen LogP contribution in [0.4, 0.5) is 4.79 Å². The van der Waals surface area contributed by atoms with Crippen LogP contribution in [0.15, 0.2) is 11.6 Å². The zero-order valence-corrected chi connectivity index (χ0v) is 11.7. The van der Waals surface area contributed by atoms with E-state index in [1.165, 1.54) is 12.0 Å². The highest BCUT2D eigenvalue weighted by Gasteiger charge is 2.24. The number of allylic oxidation sites excluding steroid dienone is 1. The highest BCUT2D eigenvalue weighted by atomic mass is 16.4. The van der Waals surface area contributed by atoms with Gasteiger partial charge < -0.3 is 15.7 Å². The van der Waals surface area contributed by atoms with Crippen molar-refractivity contribution in [1.29, 1.82) is 0 Å². The first-order valence-electron chi connectivity index (χ1n) is 6.99. The Morgan fingerprint density at radius 3 is 2.74 bits per heavy atom. The van der Waals surface area contributed by atoms with Crippen molar-refractivity contribution in [3.8, 4) is 0 Å². The van der Waals surface area contributed by atoms with Crippen molar-refractivity contribution in [2.75, 3.05) is 6.54 Å². The Kier molecular flexibility index (Phi) is 6.39. The molecule has 0 heterocycles. The van der Waals surface area contributed by atoms with Gasteiger partial charge in [-0.2, -0.15) is 0 Å². The fourth-order valence-corrected chi connectivity index (χ4v) is 2.18. The first-order valence-corrected chi connectivity index (χ1v) is 6.99. The van der Waals surface area contributed by atoms with Gasteiger partial charge in [0.15, 0.2) is 0 Å². The third kappa shape index (κ3) is 5.32. The molecule has 0 aromatic heterocycles. The van der Waals surface area contributed by atoms with Crippen LogP contribution in [0.2, 0.25) is 0 Å². The summed E-state index contributed by atoms with van der Waals surface area (Å²) in [6, 6.07) is -1.22. The highest BCUT2D eigenvalue weighted by molar-refractivity contribution is 5.82. The number of hydrogen-bond donors (Lipinski definition) is 3. The molecule has 0 bridgehead atoms. The number of amides is 2. The van der Waals surface area contributed by atoms with Crippen LogP contribution in [0, 0.1) is 5.92 Å². The van der Waals surface area contributed by atoms with E-state index >= 15 is 0 Å². The van der Waals surface area contributed by atoms with Gasteiger partial charge in [0.1, 0.15) is 6.04 Å². The summed E-state index contributed by atoms with van der Waals surface area (Å²) >= 11 is 0. The van der Waals surface area contributed by atoms with Crippen molar-refractivity contribution in [3.63, 3.8) is 0 Å². The number of carboxylic acids is 1. The summed E-state index contributed by atoms with van der Waals surface area (Å²) in [7, 11) is 0. The minimum atomic E-state index is -0.983. The van der Waals surface area contributed by atoms with E-state index in [1.807, 2.05) is 13.8 Å². The van der Waals surface area contributed by atoms with E-state index in [2.05, 4.69) is 16.7 Å². The Labute approximate surface area is 114 Å². The lowest BCUT2D eigenvalue weighted by Gasteiger charge is -2.20. The molecular weight excluding hydrogens is 244 g/mol. The van der Waals surface area contributed by atoms with E-state index in [4.69, 9.17) is 5.11 Å². The summed E-state index contributed by atoms with van der Waals surface area (Å²) in [6.07, 6.45) is 7.25. The summed E-state index contributed by atoms with van der Waals surface area (Å²) in [4.78, 5) is 22.7. The monoisotopic (exact) mass is 268 g/mol. The van der Waals surface area contributed by atoms with Gasteiger partial charge in [-0.15, -0.1) is 0 Å². The van der Waals surface area contributed by atoms with Gasteiger partial charge >= 0.3 is 12.0 Å². The molecule has 0 aliphatic heterocycles. The van der Waals surface area contributed by atoms with Crippen LogP contribution in [-0.4, -0.2) is 29.7 Å². The third-order valence-electron chi connectivity index (χ3n) is 3.63. The lowest BCUT2D eigenvalue weighted by molar-refractivity contribution is -0.140. The van der Waals surface area contributed by atoms with Gasteiger partial charge in [-0.1, -0.05) is 31.9 Å². The van der Waals surface area contributed by atoms with Gasteiger partial charge in [-0.05, 0) is 31.6 Å². The second-order valence-electron chi connectivity index (χ2n) is 5.11. The molecule has 0 aromatic rings. The van der Waals surface area contributed by atoms with E-state index < -0.39 is 18.0 Å². The Balaban J connectivity index is 2.29. The molecule has 5 heteroatoms. The van der Waals surface area contributed by atoms with Crippen molar-refractivity contribution in [2.45, 2.75) is 52.0 Å². The van der Waals surface area contributed by atoms with Gasteiger partial charge in [-0.25, -0.2) is 9.59 Å². The molecule has 2 amide bonds. The molecule has 1 aliphatic rings. The van der Waals surface area contributed by atoms with Crippen molar-refractivity contribution in [2.24, 2.45) is 5.92 Å². The molecule has 0 saturated heterocycles. The van der Waals surface area contributed by atoms with Crippen LogP contribution < -0.4 is 10.6 Å². The topological polar surface area (TPSA) is 78.4 Å². The van der Waals surface area contributed by atoms with Crippen molar-refractivity contribution in [3.05, 3.63) is 11.6 Å². The van der Waals surface area contributed by atoms with Crippen molar-refractivity contribution >= 4 is 12.0 Å². The molecule has 3 N–H and O–H groups in total. The fraction of sp³-hybridized carbons (Fsp3) is 0.714. The normalized spacial score (nSPS) is 17.5. The van der Waals surface area contributed by atoms with E-state index in [-0.39, 0.29) is 5.92 Å². The first kappa shape index (κ1) is 15.5. The van der Waals surface area contributed by atoms with Crippen LogP contribution in [-0.2, 0) is 4.79 Å². The van der Waals surface area contributed by atoms with Crippen LogP contribution in [0.3, 0.4) is 0 Å². The lowest BCUT2D eigenvalue weighted by Crippen LogP contribution is -2.49. The summed E-state index contributed by atoms with van der Waals surface area (Å²) in [6.45, 7) is 4.29. The molecule has 0 saturated carbocycles. The Morgan fingerprint density at radius 2 is 2.21 bits per heavy atom. The van der Waals surface area contributed by atoms with Crippen molar-refractivity contribution in [1.82, 2.24) is 10.6 Å². The molecule has 108 valence electrons. The van der Waals surface area contributed by atoms with E-state index in [0.29, 0.717) is 13.0 Å². The number of hydrogen-bond acceptors (Lipinski definition) is 2. The number of nitrogens with one attached hydrogen (secondary N) is 2. The fourth-order valence-electron chi connectivity index (χ4n) is 2.18. The molecule has 5 nitrogen and oxygen atoms in total. The highest BCUT2D eigenvalue weighted by Crippen LogP contribution is 2.19. The maximum Gasteiger partial charge on any atom is 0.326 e. The molecule has 2 atom stereocenters. The van der Waals surface area contributed by atoms with Gasteiger partial charge in [0, 0.05) is 6.54 Å². The summed E-state index contributed by atoms with van der Waals surface area (Å²) in [5.41, 5.74) is 1.39. The van der Waals surface area contributed by atoms with E-state index in [1.54, 1.807) is 0 Å². The van der Waals surface area contributed by atoms with Crippen LogP contribution in [0.1, 0.15) is 46.0 Å². The second kappa shape index (κ2) is 7.81. The number of carboxylic acid groups (broad SMARTS) is 1. The first-order chi connectivity index (χ1) is 9.04. The maximum atomic E-state index is 11.6. The zero-order chi connectivity index (χ0) is 14.3. The Hall–Kier alpha value is -1.52. The molecule has 19 heavy (non-hydrogen) atoms. The Morgan fingerprint density at radius 1 is 1.47 bits per heavy atom. The molecule has 1 rings (SSSR count). The number of aliphatic carboxylic acids is 1. The predicted molar refractivity (Wildman–Crippen MR) is 74.0 cm³/mol. The average Bonchev–Trinajstić information content (AvgIpc) is 2.87. The summed E-state index contributed by atoms with van der Waals surface area (Å²) in [5.74, 6) is -1.07. The minimum absolute atomic E-state index is 0.0826. The van der Waals surface area contributed by atoms with Crippen LogP contribution in [0.5, 0.6) is 0 Å². The van der Waals surface area contributed by atoms with Gasteiger partial charge in [0.05, 0.1) is 0 Å². The smallest absolute Gasteiger partial charge is 0.326 e. The summed E-state index contributed by atoms with van der Waals surface area (Å²) < 4.78 is 0. The zero-order valence-electron chi connectivity index (χ0n) is 11.7. The molecule has 0 radical (unpaired) electrons. The minimum Gasteiger partial charge on any atom is -0.480 e. The number of urea groups is 1. The molecule has 0 fully saturated rings. The molecule has 2 unspecified atom stereocenters. The molecule has 0 aromatic carbocycles. The molecule has 1 aliphatic carbocycles. The van der Waals surface area contributed by atoms with Gasteiger partial charge in [0.2, 0.25) is 0 Å². The average molecular weight is 268 g/mol. The maximum absolute atomic E-state index is 11.6. The quantitative estimate of drug-likeness (QED) is 0.620. The van der Waals surface area contributed by atoms with Gasteiger partial charge in [-0.3, -0.25) is 0 Å². The SMILES string of the molecule is CCC(C)C(NC(=O)NCCC1=CCCC1)C(=O)O. The molecule has 0 spiro atoms. The predicted octanol–water partition coefficient (Wildman–Crippen LogP) is 2.29. The molecular formula is C14H24N2O3. The number of rotatable bonds is 7. The number of carbonyl (C=O) groups excluding carboxylic acids is 1. The standard InChI is InChI=1S/C14H24N2O3/c1-3-10(2)12(13(17)18)16-14(19)15-9-8-11-6-4-5-7-11/h6,10,12H,3-5,7-9H2,1-2H3,(H,17,18)(H2,15,16,19). The summed E-state index contributed by atoms with van der Waals surface area (Å²) in [5, 5.41) is 14.3. The third-order valence-corrected chi connectivity index (χ3v) is 3.63.